The highest BCUT2D eigenvalue weighted by molar-refractivity contribution is 5.30. The highest BCUT2D eigenvalue weighted by atomic mass is 19.4. The molecule has 1 N–H and O–H groups in total. The topological polar surface area (TPSA) is 21.3 Å². The Labute approximate surface area is 91.4 Å². The van der Waals surface area contributed by atoms with Crippen LogP contribution in [0.5, 0.6) is 5.75 Å². The second-order valence-corrected chi connectivity index (χ2v) is 3.76. The smallest absolute Gasteiger partial charge is 0.416 e. The van der Waals surface area contributed by atoms with Crippen LogP contribution in [-0.4, -0.2) is 19.2 Å². The molecule has 0 amide bonds. The minimum atomic E-state index is -4.31. The van der Waals surface area contributed by atoms with Gasteiger partial charge in [0.2, 0.25) is 0 Å². The fraction of sp³-hybridized carbons (Fsp3) is 0.455. The molecule has 1 atom stereocenters. The third-order valence-corrected chi connectivity index (χ3v) is 2.48. The second-order valence-electron chi connectivity index (χ2n) is 3.76. The quantitative estimate of drug-likeness (QED) is 0.844. The summed E-state index contributed by atoms with van der Waals surface area (Å²) in [5, 5.41) is 3.09. The predicted octanol–water partition coefficient (Wildman–Crippen LogP) is 2.45. The van der Waals surface area contributed by atoms with E-state index in [-0.39, 0.29) is 11.9 Å². The standard InChI is InChI=1S/C11H12F3NO/c12-11(13,14)8-2-1-3-9(6-8)16-10-4-5-15-7-10/h1-3,6,10,15H,4-5,7H2/t10-/m0/s1. The molecule has 0 aliphatic carbocycles. The van der Waals surface area contributed by atoms with Crippen molar-refractivity contribution in [1.82, 2.24) is 5.32 Å². The summed E-state index contributed by atoms with van der Waals surface area (Å²) in [7, 11) is 0. The van der Waals surface area contributed by atoms with Crippen molar-refractivity contribution in [3.63, 3.8) is 0 Å². The summed E-state index contributed by atoms with van der Waals surface area (Å²) in [5.41, 5.74) is -0.670. The molecule has 1 saturated heterocycles. The Bertz CT molecular complexity index is 358. The maximum Gasteiger partial charge on any atom is 0.416 e. The number of ether oxygens (including phenoxy) is 1. The molecule has 1 aromatic rings. The van der Waals surface area contributed by atoms with Crippen molar-refractivity contribution in [3.05, 3.63) is 29.8 Å². The molecule has 0 unspecified atom stereocenters. The molecule has 1 aliphatic heterocycles. The largest absolute Gasteiger partial charge is 0.489 e. The molecular weight excluding hydrogens is 219 g/mol. The van der Waals surface area contributed by atoms with Gasteiger partial charge in [-0.15, -0.1) is 0 Å². The van der Waals surface area contributed by atoms with E-state index in [9.17, 15) is 13.2 Å². The normalized spacial score (nSPS) is 21.1. The zero-order chi connectivity index (χ0) is 11.6. The Kier molecular flexibility index (Phi) is 3.05. The number of nitrogens with one attached hydrogen (secondary N) is 1. The lowest BCUT2D eigenvalue weighted by atomic mass is 10.2. The number of rotatable bonds is 2. The molecule has 0 bridgehead atoms. The number of hydrogen-bond acceptors (Lipinski definition) is 2. The SMILES string of the molecule is FC(F)(F)c1cccc(O[C@H]2CCNC2)c1. The summed E-state index contributed by atoms with van der Waals surface area (Å²) in [6.45, 7) is 1.54. The van der Waals surface area contributed by atoms with Crippen molar-refractivity contribution in [1.29, 1.82) is 0 Å². The Morgan fingerprint density at radius 1 is 1.31 bits per heavy atom. The lowest BCUT2D eigenvalue weighted by Crippen LogP contribution is -2.19. The van der Waals surface area contributed by atoms with Crippen molar-refractivity contribution in [3.8, 4) is 5.75 Å². The van der Waals surface area contributed by atoms with Crippen LogP contribution in [0, 0.1) is 0 Å². The van der Waals surface area contributed by atoms with Crippen molar-refractivity contribution in [2.24, 2.45) is 0 Å². The Morgan fingerprint density at radius 2 is 2.12 bits per heavy atom. The minimum absolute atomic E-state index is 0.0246. The molecule has 1 aromatic carbocycles. The van der Waals surface area contributed by atoms with Crippen molar-refractivity contribution in [2.45, 2.75) is 18.7 Å². The fourth-order valence-corrected chi connectivity index (χ4v) is 1.67. The monoisotopic (exact) mass is 231 g/mol. The first-order valence-corrected chi connectivity index (χ1v) is 5.10. The van der Waals surface area contributed by atoms with Gasteiger partial charge in [-0.2, -0.15) is 13.2 Å². The third kappa shape index (κ3) is 2.66. The van der Waals surface area contributed by atoms with E-state index < -0.39 is 11.7 Å². The maximum atomic E-state index is 12.4. The summed E-state index contributed by atoms with van der Waals surface area (Å²) in [5.74, 6) is 0.281. The molecule has 88 valence electrons. The molecule has 1 aliphatic rings. The predicted molar refractivity (Wildman–Crippen MR) is 53.3 cm³/mol. The molecule has 0 spiro atoms. The summed E-state index contributed by atoms with van der Waals surface area (Å²) in [6, 6.07) is 4.99. The molecule has 16 heavy (non-hydrogen) atoms. The zero-order valence-electron chi connectivity index (χ0n) is 8.55. The minimum Gasteiger partial charge on any atom is -0.489 e. The lowest BCUT2D eigenvalue weighted by Gasteiger charge is -2.14. The Balaban J connectivity index is 2.09. The number of hydrogen-bond donors (Lipinski definition) is 1. The molecule has 5 heteroatoms. The first-order chi connectivity index (χ1) is 7.55. The fourth-order valence-electron chi connectivity index (χ4n) is 1.67. The number of halogens is 3. The van der Waals surface area contributed by atoms with Gasteiger partial charge in [0.1, 0.15) is 11.9 Å². The Morgan fingerprint density at radius 3 is 2.75 bits per heavy atom. The molecule has 2 nitrogen and oxygen atoms in total. The van der Waals surface area contributed by atoms with Gasteiger partial charge in [0.25, 0.3) is 0 Å². The van der Waals surface area contributed by atoms with Gasteiger partial charge in [-0.1, -0.05) is 6.07 Å². The van der Waals surface area contributed by atoms with Gasteiger partial charge in [0, 0.05) is 6.54 Å². The van der Waals surface area contributed by atoms with Gasteiger partial charge in [-0.05, 0) is 31.2 Å². The van der Waals surface area contributed by atoms with Gasteiger partial charge in [0.15, 0.2) is 0 Å². The van der Waals surface area contributed by atoms with E-state index in [0.29, 0.717) is 6.54 Å². The third-order valence-electron chi connectivity index (χ3n) is 2.48. The highest BCUT2D eigenvalue weighted by Gasteiger charge is 2.30. The molecule has 0 saturated carbocycles. The first kappa shape index (κ1) is 11.3. The van der Waals surface area contributed by atoms with E-state index >= 15 is 0 Å². The number of alkyl halides is 3. The van der Waals surface area contributed by atoms with Crippen LogP contribution in [0.1, 0.15) is 12.0 Å². The summed E-state index contributed by atoms with van der Waals surface area (Å²) >= 11 is 0. The van der Waals surface area contributed by atoms with Gasteiger partial charge >= 0.3 is 6.18 Å². The maximum absolute atomic E-state index is 12.4. The van der Waals surface area contributed by atoms with E-state index in [2.05, 4.69) is 5.32 Å². The Hall–Kier alpha value is -1.23. The summed E-state index contributed by atoms with van der Waals surface area (Å²) < 4.78 is 42.7. The van der Waals surface area contributed by atoms with Crippen LogP contribution in [0.2, 0.25) is 0 Å². The summed E-state index contributed by atoms with van der Waals surface area (Å²) in [6.07, 6.45) is -3.51. The van der Waals surface area contributed by atoms with Crippen LogP contribution in [0.3, 0.4) is 0 Å². The molecule has 2 rings (SSSR count). The van der Waals surface area contributed by atoms with Crippen LogP contribution < -0.4 is 10.1 Å². The molecule has 1 fully saturated rings. The van der Waals surface area contributed by atoms with Crippen LogP contribution in [0.25, 0.3) is 0 Å². The average Bonchev–Trinajstić information content (AvgIpc) is 2.70. The van der Waals surface area contributed by atoms with Gasteiger partial charge in [-0.3, -0.25) is 0 Å². The molecule has 1 heterocycles. The number of benzene rings is 1. The van der Waals surface area contributed by atoms with Crippen LogP contribution >= 0.6 is 0 Å². The zero-order valence-corrected chi connectivity index (χ0v) is 8.55. The second kappa shape index (κ2) is 4.33. The highest BCUT2D eigenvalue weighted by Crippen LogP contribution is 2.31. The van der Waals surface area contributed by atoms with E-state index in [1.165, 1.54) is 6.07 Å². The van der Waals surface area contributed by atoms with E-state index in [1.54, 1.807) is 6.07 Å². The molecular formula is C11H12F3NO. The van der Waals surface area contributed by atoms with Crippen LogP contribution in [0.4, 0.5) is 13.2 Å². The van der Waals surface area contributed by atoms with Crippen molar-refractivity contribution < 1.29 is 17.9 Å². The van der Waals surface area contributed by atoms with E-state index in [4.69, 9.17) is 4.74 Å². The molecule has 0 radical (unpaired) electrons. The average molecular weight is 231 g/mol. The van der Waals surface area contributed by atoms with E-state index in [1.807, 2.05) is 0 Å². The summed E-state index contributed by atoms with van der Waals surface area (Å²) in [4.78, 5) is 0. The van der Waals surface area contributed by atoms with Crippen LogP contribution in [-0.2, 0) is 6.18 Å². The van der Waals surface area contributed by atoms with Gasteiger partial charge in [0.05, 0.1) is 5.56 Å². The van der Waals surface area contributed by atoms with Gasteiger partial charge < -0.3 is 10.1 Å². The lowest BCUT2D eigenvalue weighted by molar-refractivity contribution is -0.137. The molecule has 0 aromatic heterocycles. The van der Waals surface area contributed by atoms with Crippen LogP contribution in [0.15, 0.2) is 24.3 Å². The first-order valence-electron chi connectivity index (χ1n) is 5.10. The van der Waals surface area contributed by atoms with E-state index in [0.717, 1.165) is 25.1 Å². The van der Waals surface area contributed by atoms with Gasteiger partial charge in [-0.25, -0.2) is 0 Å². The van der Waals surface area contributed by atoms with Crippen molar-refractivity contribution in [2.75, 3.05) is 13.1 Å². The van der Waals surface area contributed by atoms with Crippen molar-refractivity contribution >= 4 is 0 Å².